The normalized spacial score (nSPS) is 11.7. The van der Waals surface area contributed by atoms with Crippen LogP contribution in [0.3, 0.4) is 0 Å². The van der Waals surface area contributed by atoms with Crippen molar-refractivity contribution in [2.24, 2.45) is 4.99 Å². The Morgan fingerprint density at radius 1 is 1.00 bits per heavy atom. The summed E-state index contributed by atoms with van der Waals surface area (Å²) in [7, 11) is 0. The van der Waals surface area contributed by atoms with Crippen molar-refractivity contribution in [1.82, 2.24) is 16.0 Å². The Hall–Kier alpha value is -3.23. The van der Waals surface area contributed by atoms with E-state index in [2.05, 4.69) is 25.7 Å². The number of hydrogen-bond acceptors (Lipinski definition) is 3. The molecular formula is C20H23F3N4O2. The van der Waals surface area contributed by atoms with Crippen molar-refractivity contribution in [1.29, 1.82) is 0 Å². The smallest absolute Gasteiger partial charge is 0.405 e. The van der Waals surface area contributed by atoms with E-state index in [4.69, 9.17) is 0 Å². The van der Waals surface area contributed by atoms with Gasteiger partial charge in [0.05, 0.1) is 13.1 Å². The van der Waals surface area contributed by atoms with Gasteiger partial charge in [-0.2, -0.15) is 0 Å². The predicted molar refractivity (Wildman–Crippen MR) is 104 cm³/mol. The highest BCUT2D eigenvalue weighted by Crippen LogP contribution is 2.26. The predicted octanol–water partition coefficient (Wildman–Crippen LogP) is 2.96. The van der Waals surface area contributed by atoms with Crippen molar-refractivity contribution in [2.75, 3.05) is 13.1 Å². The summed E-state index contributed by atoms with van der Waals surface area (Å²) in [4.78, 5) is 16.2. The van der Waals surface area contributed by atoms with E-state index in [0.29, 0.717) is 19.0 Å². The molecule has 0 atom stereocenters. The SMILES string of the molecule is CCNC(=NCc1ccccc1OC(F)(F)F)NCC(=O)NCc1ccccc1. The number of guanidine groups is 1. The first-order valence-electron chi connectivity index (χ1n) is 9.04. The number of halogens is 3. The molecule has 3 N–H and O–H groups in total. The van der Waals surface area contributed by atoms with Crippen molar-refractivity contribution in [3.63, 3.8) is 0 Å². The molecule has 0 radical (unpaired) electrons. The Bertz CT molecular complexity index is 811. The first-order chi connectivity index (χ1) is 13.9. The number of ether oxygens (including phenoxy) is 1. The number of nitrogens with one attached hydrogen (secondary N) is 3. The second kappa shape index (κ2) is 10.9. The van der Waals surface area contributed by atoms with Gasteiger partial charge in [0.15, 0.2) is 5.96 Å². The molecule has 0 aliphatic heterocycles. The Labute approximate surface area is 167 Å². The zero-order valence-corrected chi connectivity index (χ0v) is 15.9. The Morgan fingerprint density at radius 2 is 1.69 bits per heavy atom. The van der Waals surface area contributed by atoms with Crippen LogP contribution in [0, 0.1) is 0 Å². The molecule has 1 amide bonds. The standard InChI is InChI=1S/C20H23F3N4O2/c1-2-24-19(27-14-18(28)25-12-15-8-4-3-5-9-15)26-13-16-10-6-7-11-17(16)29-20(21,22)23/h3-11H,2,12-14H2,1H3,(H,25,28)(H2,24,26,27). The molecule has 0 bridgehead atoms. The fraction of sp³-hybridized carbons (Fsp3) is 0.300. The zero-order valence-electron chi connectivity index (χ0n) is 15.9. The van der Waals surface area contributed by atoms with Crippen LogP contribution in [0.5, 0.6) is 5.75 Å². The number of alkyl halides is 3. The van der Waals surface area contributed by atoms with Gasteiger partial charge in [-0.25, -0.2) is 4.99 Å². The first kappa shape index (κ1) is 22.1. The number of aliphatic imine (C=N–C) groups is 1. The topological polar surface area (TPSA) is 74.8 Å². The largest absolute Gasteiger partial charge is 0.573 e. The van der Waals surface area contributed by atoms with Crippen LogP contribution in [0.25, 0.3) is 0 Å². The highest BCUT2D eigenvalue weighted by molar-refractivity contribution is 5.86. The summed E-state index contributed by atoms with van der Waals surface area (Å²) in [5.74, 6) is -0.232. The maximum Gasteiger partial charge on any atom is 0.573 e. The van der Waals surface area contributed by atoms with E-state index >= 15 is 0 Å². The Balaban J connectivity index is 1.92. The summed E-state index contributed by atoms with van der Waals surface area (Å²) in [6.07, 6.45) is -4.78. The minimum absolute atomic E-state index is 0.0284. The van der Waals surface area contributed by atoms with Crippen LogP contribution in [0.2, 0.25) is 0 Å². The molecule has 0 saturated heterocycles. The monoisotopic (exact) mass is 408 g/mol. The maximum atomic E-state index is 12.5. The van der Waals surface area contributed by atoms with Gasteiger partial charge in [0.1, 0.15) is 5.75 Å². The third-order valence-electron chi connectivity index (χ3n) is 3.70. The molecular weight excluding hydrogens is 385 g/mol. The minimum Gasteiger partial charge on any atom is -0.405 e. The minimum atomic E-state index is -4.78. The molecule has 0 aromatic heterocycles. The molecule has 9 heteroatoms. The third-order valence-corrected chi connectivity index (χ3v) is 3.70. The molecule has 0 unspecified atom stereocenters. The van der Waals surface area contributed by atoms with Crippen LogP contribution in [-0.2, 0) is 17.9 Å². The van der Waals surface area contributed by atoms with E-state index in [1.165, 1.54) is 18.2 Å². The number of nitrogens with zero attached hydrogens (tertiary/aromatic N) is 1. The Morgan fingerprint density at radius 3 is 2.38 bits per heavy atom. The maximum absolute atomic E-state index is 12.5. The van der Waals surface area contributed by atoms with Gasteiger partial charge < -0.3 is 20.7 Å². The van der Waals surface area contributed by atoms with Crippen molar-refractivity contribution >= 4 is 11.9 Å². The highest BCUT2D eigenvalue weighted by Gasteiger charge is 2.31. The molecule has 0 saturated carbocycles. The van der Waals surface area contributed by atoms with E-state index in [0.717, 1.165) is 5.56 Å². The molecule has 156 valence electrons. The number of benzene rings is 2. The van der Waals surface area contributed by atoms with Crippen LogP contribution in [0.4, 0.5) is 13.2 Å². The summed E-state index contributed by atoms with van der Waals surface area (Å²) < 4.78 is 41.6. The van der Waals surface area contributed by atoms with E-state index in [9.17, 15) is 18.0 Å². The fourth-order valence-electron chi connectivity index (χ4n) is 2.39. The van der Waals surface area contributed by atoms with Crippen molar-refractivity contribution in [3.8, 4) is 5.75 Å². The molecule has 29 heavy (non-hydrogen) atoms. The van der Waals surface area contributed by atoms with Crippen LogP contribution < -0.4 is 20.7 Å². The Kier molecular flexibility index (Phi) is 8.32. The van der Waals surface area contributed by atoms with E-state index in [-0.39, 0.29) is 30.3 Å². The lowest BCUT2D eigenvalue weighted by Gasteiger charge is -2.14. The number of carbonyl (C=O) groups excluding carboxylic acids is 1. The summed E-state index contributed by atoms with van der Waals surface area (Å²) in [6, 6.07) is 15.3. The zero-order chi connectivity index (χ0) is 21.1. The van der Waals surface area contributed by atoms with E-state index in [1.54, 1.807) is 6.07 Å². The lowest BCUT2D eigenvalue weighted by molar-refractivity contribution is -0.274. The number of carbonyl (C=O) groups is 1. The average molecular weight is 408 g/mol. The van der Waals surface area contributed by atoms with Crippen LogP contribution in [0.15, 0.2) is 59.6 Å². The molecule has 2 rings (SSSR count). The number of para-hydroxylation sites is 1. The average Bonchev–Trinajstić information content (AvgIpc) is 2.69. The summed E-state index contributed by atoms with van der Waals surface area (Å²) in [5, 5.41) is 8.58. The lowest BCUT2D eigenvalue weighted by Crippen LogP contribution is -2.43. The molecule has 0 aliphatic rings. The number of amides is 1. The van der Waals surface area contributed by atoms with Gasteiger partial charge in [0, 0.05) is 18.7 Å². The summed E-state index contributed by atoms with van der Waals surface area (Å²) in [5.41, 5.74) is 1.25. The summed E-state index contributed by atoms with van der Waals surface area (Å²) >= 11 is 0. The van der Waals surface area contributed by atoms with E-state index in [1.807, 2.05) is 37.3 Å². The molecule has 0 spiro atoms. The summed E-state index contributed by atoms with van der Waals surface area (Å²) in [6.45, 7) is 2.69. The fourth-order valence-corrected chi connectivity index (χ4v) is 2.39. The first-order valence-corrected chi connectivity index (χ1v) is 9.04. The van der Waals surface area contributed by atoms with Crippen LogP contribution in [0.1, 0.15) is 18.1 Å². The van der Waals surface area contributed by atoms with Crippen molar-refractivity contribution < 1.29 is 22.7 Å². The van der Waals surface area contributed by atoms with Crippen molar-refractivity contribution in [2.45, 2.75) is 26.4 Å². The molecule has 2 aromatic carbocycles. The lowest BCUT2D eigenvalue weighted by atomic mass is 10.2. The number of rotatable bonds is 8. The second-order valence-corrected chi connectivity index (χ2v) is 5.97. The molecule has 0 aliphatic carbocycles. The van der Waals surface area contributed by atoms with Gasteiger partial charge in [0.25, 0.3) is 0 Å². The molecule has 0 fully saturated rings. The van der Waals surface area contributed by atoms with Crippen LogP contribution >= 0.6 is 0 Å². The van der Waals surface area contributed by atoms with Gasteiger partial charge in [-0.3, -0.25) is 4.79 Å². The number of hydrogen-bond donors (Lipinski definition) is 3. The molecule has 2 aromatic rings. The molecule has 0 heterocycles. The quantitative estimate of drug-likeness (QED) is 0.464. The van der Waals surface area contributed by atoms with Gasteiger partial charge in [0.2, 0.25) is 5.91 Å². The third kappa shape index (κ3) is 8.54. The van der Waals surface area contributed by atoms with Crippen molar-refractivity contribution in [3.05, 3.63) is 65.7 Å². The van der Waals surface area contributed by atoms with Gasteiger partial charge >= 0.3 is 6.36 Å². The van der Waals surface area contributed by atoms with Gasteiger partial charge in [-0.15, -0.1) is 13.2 Å². The second-order valence-electron chi connectivity index (χ2n) is 5.97. The van der Waals surface area contributed by atoms with Gasteiger partial charge in [-0.05, 0) is 18.6 Å². The highest BCUT2D eigenvalue weighted by atomic mass is 19.4. The van der Waals surface area contributed by atoms with E-state index < -0.39 is 6.36 Å². The van der Waals surface area contributed by atoms with Crippen LogP contribution in [-0.4, -0.2) is 31.3 Å². The van der Waals surface area contributed by atoms with Gasteiger partial charge in [-0.1, -0.05) is 48.5 Å². The molecule has 6 nitrogen and oxygen atoms in total.